The highest BCUT2D eigenvalue weighted by molar-refractivity contribution is 5.42. The van der Waals surface area contributed by atoms with Crippen LogP contribution in [0.3, 0.4) is 0 Å². The lowest BCUT2D eigenvalue weighted by atomic mass is 9.82. The van der Waals surface area contributed by atoms with E-state index in [1.165, 1.54) is 6.07 Å². The maximum absolute atomic E-state index is 13.7. The Labute approximate surface area is 208 Å². The first-order valence-corrected chi connectivity index (χ1v) is 11.8. The Morgan fingerprint density at radius 2 is 1.31 bits per heavy atom. The molecule has 1 fully saturated rings. The molecular formula is C30H26F3NO2. The first-order chi connectivity index (χ1) is 17.3. The van der Waals surface area contributed by atoms with E-state index in [4.69, 9.17) is 4.74 Å². The Balaban J connectivity index is 1.42. The molecule has 0 aliphatic carbocycles. The molecule has 0 bridgehead atoms. The maximum Gasteiger partial charge on any atom is 0.416 e. The molecule has 1 aliphatic rings. The van der Waals surface area contributed by atoms with Gasteiger partial charge < -0.3 is 9.84 Å². The van der Waals surface area contributed by atoms with Crippen molar-refractivity contribution in [2.24, 2.45) is 0 Å². The van der Waals surface area contributed by atoms with Crippen LogP contribution in [0, 0.1) is 0 Å². The molecule has 6 heteroatoms. The number of benzene rings is 4. The van der Waals surface area contributed by atoms with Gasteiger partial charge in [-0.05, 0) is 40.5 Å². The molecule has 4 aromatic rings. The minimum atomic E-state index is -4.56. The fraction of sp³-hybridized carbons (Fsp3) is 0.200. The van der Waals surface area contributed by atoms with Gasteiger partial charge in [-0.15, -0.1) is 0 Å². The Hall–Kier alpha value is -3.61. The highest BCUT2D eigenvalue weighted by atomic mass is 19.4. The molecule has 3 nitrogen and oxygen atoms in total. The lowest BCUT2D eigenvalue weighted by molar-refractivity contribution is -0.138. The predicted octanol–water partition coefficient (Wildman–Crippen LogP) is 6.58. The number of β-amino-alcohol motifs (C(OH)–C–C–N with tert-alkyl or cyclic N) is 1. The smallest absolute Gasteiger partial charge is 0.416 e. The summed E-state index contributed by atoms with van der Waals surface area (Å²) >= 11 is 0. The summed E-state index contributed by atoms with van der Waals surface area (Å²) in [5.74, 6) is 0.0817. The van der Waals surface area contributed by atoms with Crippen LogP contribution in [-0.4, -0.2) is 23.1 Å². The molecule has 1 saturated heterocycles. The zero-order valence-electron chi connectivity index (χ0n) is 19.5. The summed E-state index contributed by atoms with van der Waals surface area (Å²) < 4.78 is 46.9. The molecule has 0 spiro atoms. The Morgan fingerprint density at radius 3 is 1.83 bits per heavy atom. The number of nitrogens with zero attached hydrogens (tertiary/aromatic N) is 1. The van der Waals surface area contributed by atoms with Gasteiger partial charge in [0.25, 0.3) is 0 Å². The normalized spacial score (nSPS) is 15.5. The number of hydrogen-bond acceptors (Lipinski definition) is 3. The average Bonchev–Trinajstić information content (AvgIpc) is 2.88. The fourth-order valence-electron chi connectivity index (χ4n) is 4.73. The van der Waals surface area contributed by atoms with E-state index in [0.717, 1.165) is 28.8 Å². The number of alkyl halides is 3. The van der Waals surface area contributed by atoms with E-state index in [0.29, 0.717) is 0 Å². The molecule has 0 radical (unpaired) electrons. The van der Waals surface area contributed by atoms with Crippen molar-refractivity contribution in [1.82, 2.24) is 4.90 Å². The van der Waals surface area contributed by atoms with Gasteiger partial charge in [-0.3, -0.25) is 4.90 Å². The highest BCUT2D eigenvalue weighted by Crippen LogP contribution is 2.43. The van der Waals surface area contributed by atoms with Crippen LogP contribution in [0.25, 0.3) is 0 Å². The van der Waals surface area contributed by atoms with E-state index < -0.39 is 17.3 Å². The van der Waals surface area contributed by atoms with Gasteiger partial charge in [-0.2, -0.15) is 13.2 Å². The lowest BCUT2D eigenvalue weighted by Gasteiger charge is -2.50. The molecule has 184 valence electrons. The van der Waals surface area contributed by atoms with E-state index in [2.05, 4.69) is 4.90 Å². The van der Waals surface area contributed by atoms with Crippen molar-refractivity contribution in [3.8, 4) is 5.75 Å². The molecular weight excluding hydrogens is 463 g/mol. The third-order valence-electron chi connectivity index (χ3n) is 6.54. The van der Waals surface area contributed by atoms with Gasteiger partial charge in [0.05, 0.1) is 11.6 Å². The van der Waals surface area contributed by atoms with Crippen molar-refractivity contribution in [3.05, 3.63) is 137 Å². The Kier molecular flexibility index (Phi) is 6.56. The van der Waals surface area contributed by atoms with Crippen LogP contribution >= 0.6 is 0 Å². The molecule has 5 rings (SSSR count). The summed E-state index contributed by atoms with van der Waals surface area (Å²) in [6, 6.07) is 32.5. The standard InChI is InChI=1S/C30H26F3NO2/c31-30(32,33)26-16-25(17-27(18-26)36-19-22-10-4-1-5-11-22)29(35)20-34(21-29)28(23-12-6-2-7-13-23)24-14-8-3-9-15-24/h1-18,28,35H,19-21H2. The van der Waals surface area contributed by atoms with Crippen LogP contribution in [-0.2, 0) is 18.4 Å². The van der Waals surface area contributed by atoms with Crippen LogP contribution in [0.4, 0.5) is 13.2 Å². The minimum Gasteiger partial charge on any atom is -0.489 e. The molecule has 0 amide bonds. The SMILES string of the molecule is OC1(c2cc(OCc3ccccc3)cc(C(F)(F)F)c2)CN(C(c2ccccc2)c2ccccc2)C1. The highest BCUT2D eigenvalue weighted by Gasteiger charge is 2.47. The molecule has 0 unspecified atom stereocenters. The Morgan fingerprint density at radius 1 is 0.778 bits per heavy atom. The average molecular weight is 490 g/mol. The van der Waals surface area contributed by atoms with Crippen molar-refractivity contribution < 1.29 is 23.0 Å². The van der Waals surface area contributed by atoms with Gasteiger partial charge in [0.2, 0.25) is 0 Å². The van der Waals surface area contributed by atoms with Crippen LogP contribution in [0.15, 0.2) is 109 Å². The first kappa shape index (κ1) is 24.1. The van der Waals surface area contributed by atoms with Crippen molar-refractivity contribution in [2.45, 2.75) is 24.4 Å². The van der Waals surface area contributed by atoms with Gasteiger partial charge in [0, 0.05) is 13.1 Å². The third kappa shape index (κ3) is 5.15. The number of ether oxygens (including phenoxy) is 1. The van der Waals surface area contributed by atoms with Crippen molar-refractivity contribution in [1.29, 1.82) is 0 Å². The quantitative estimate of drug-likeness (QED) is 0.318. The summed E-state index contributed by atoms with van der Waals surface area (Å²) in [4.78, 5) is 2.08. The molecule has 1 heterocycles. The molecule has 0 aromatic heterocycles. The number of aliphatic hydroxyl groups is 1. The zero-order valence-corrected chi connectivity index (χ0v) is 19.5. The van der Waals surface area contributed by atoms with Gasteiger partial charge in [-0.1, -0.05) is 91.0 Å². The summed E-state index contributed by atoms with van der Waals surface area (Å²) in [5.41, 5.74) is 0.907. The van der Waals surface area contributed by atoms with E-state index >= 15 is 0 Å². The van der Waals surface area contributed by atoms with Crippen LogP contribution in [0.5, 0.6) is 5.75 Å². The lowest BCUT2D eigenvalue weighted by Crippen LogP contribution is -2.60. The van der Waals surface area contributed by atoms with Crippen LogP contribution in [0.1, 0.15) is 33.9 Å². The first-order valence-electron chi connectivity index (χ1n) is 11.8. The molecule has 0 atom stereocenters. The summed E-state index contributed by atoms with van der Waals surface area (Å²) in [6.45, 7) is 0.526. The summed E-state index contributed by atoms with van der Waals surface area (Å²) in [7, 11) is 0. The number of hydrogen-bond donors (Lipinski definition) is 1. The Bertz CT molecular complexity index is 1250. The predicted molar refractivity (Wildman–Crippen MR) is 132 cm³/mol. The van der Waals surface area contributed by atoms with Gasteiger partial charge >= 0.3 is 6.18 Å². The molecule has 1 N–H and O–H groups in total. The second kappa shape index (κ2) is 9.80. The van der Waals surface area contributed by atoms with Crippen molar-refractivity contribution >= 4 is 0 Å². The number of rotatable bonds is 7. The molecule has 0 saturated carbocycles. The minimum absolute atomic E-state index is 0.0817. The zero-order chi connectivity index (χ0) is 25.2. The maximum atomic E-state index is 13.7. The second-order valence-corrected chi connectivity index (χ2v) is 9.18. The largest absolute Gasteiger partial charge is 0.489 e. The van der Waals surface area contributed by atoms with Gasteiger partial charge in [-0.25, -0.2) is 0 Å². The van der Waals surface area contributed by atoms with E-state index in [9.17, 15) is 18.3 Å². The molecule has 36 heavy (non-hydrogen) atoms. The van der Waals surface area contributed by atoms with Crippen LogP contribution < -0.4 is 4.74 Å². The van der Waals surface area contributed by atoms with Crippen LogP contribution in [0.2, 0.25) is 0 Å². The van der Waals surface area contributed by atoms with Crippen molar-refractivity contribution in [2.75, 3.05) is 13.1 Å². The van der Waals surface area contributed by atoms with E-state index in [1.807, 2.05) is 91.0 Å². The molecule has 4 aromatic carbocycles. The second-order valence-electron chi connectivity index (χ2n) is 9.18. The van der Waals surface area contributed by atoms with Crippen molar-refractivity contribution in [3.63, 3.8) is 0 Å². The fourth-order valence-corrected chi connectivity index (χ4v) is 4.73. The topological polar surface area (TPSA) is 32.7 Å². The van der Waals surface area contributed by atoms with Gasteiger partial charge in [0.1, 0.15) is 18.0 Å². The van der Waals surface area contributed by atoms with E-state index in [-0.39, 0.29) is 37.1 Å². The number of likely N-dealkylation sites (tertiary alicyclic amines) is 1. The number of halogens is 3. The van der Waals surface area contributed by atoms with E-state index in [1.54, 1.807) is 0 Å². The summed E-state index contributed by atoms with van der Waals surface area (Å²) in [6.07, 6.45) is -4.56. The third-order valence-corrected chi connectivity index (χ3v) is 6.54. The monoisotopic (exact) mass is 489 g/mol. The molecule has 1 aliphatic heterocycles. The van der Waals surface area contributed by atoms with Gasteiger partial charge in [0.15, 0.2) is 0 Å². The summed E-state index contributed by atoms with van der Waals surface area (Å²) in [5, 5.41) is 11.4.